The standard InChI is InChI=1S/C15H16N2O5S2/c1-22-10-4-2-9(3-5-10)17-24(20,21)15-13(14(18)19)11-6-7-16-8-12(11)23-15/h2-5,16-17H,6-8H2,1H3,(H,18,19). The Morgan fingerprint density at radius 3 is 2.67 bits per heavy atom. The van der Waals surface area contributed by atoms with Gasteiger partial charge in [0.05, 0.1) is 12.7 Å². The van der Waals surface area contributed by atoms with E-state index in [4.69, 9.17) is 4.74 Å². The molecule has 1 aliphatic rings. The predicted octanol–water partition coefficient (Wildman–Crippen LogP) is 1.90. The van der Waals surface area contributed by atoms with Crippen molar-refractivity contribution in [2.45, 2.75) is 17.2 Å². The number of sulfonamides is 1. The molecule has 0 spiro atoms. The molecule has 2 heterocycles. The lowest BCUT2D eigenvalue weighted by Gasteiger charge is -2.12. The van der Waals surface area contributed by atoms with Gasteiger partial charge >= 0.3 is 5.97 Å². The quantitative estimate of drug-likeness (QED) is 0.745. The maximum absolute atomic E-state index is 12.7. The molecule has 24 heavy (non-hydrogen) atoms. The molecule has 0 fully saturated rings. The van der Waals surface area contributed by atoms with Crippen LogP contribution in [0.25, 0.3) is 0 Å². The van der Waals surface area contributed by atoms with Crippen molar-refractivity contribution in [3.05, 3.63) is 40.3 Å². The third-order valence-corrected chi connectivity index (χ3v) is 6.83. The van der Waals surface area contributed by atoms with Gasteiger partial charge in [0.2, 0.25) is 0 Å². The Kier molecular flexibility index (Phi) is 4.48. The minimum absolute atomic E-state index is 0.113. The van der Waals surface area contributed by atoms with Crippen molar-refractivity contribution in [1.29, 1.82) is 0 Å². The summed E-state index contributed by atoms with van der Waals surface area (Å²) in [5.41, 5.74) is 0.843. The number of carboxylic acid groups (broad SMARTS) is 1. The summed E-state index contributed by atoms with van der Waals surface area (Å²) >= 11 is 1.01. The Balaban J connectivity index is 1.99. The molecule has 0 amide bonds. The number of carbonyl (C=O) groups is 1. The number of nitrogens with one attached hydrogen (secondary N) is 2. The third kappa shape index (κ3) is 3.10. The van der Waals surface area contributed by atoms with E-state index in [0.29, 0.717) is 36.5 Å². The zero-order valence-electron chi connectivity index (χ0n) is 12.8. The van der Waals surface area contributed by atoms with Gasteiger partial charge in [-0.2, -0.15) is 0 Å². The number of hydrogen-bond donors (Lipinski definition) is 3. The molecular weight excluding hydrogens is 352 g/mol. The summed E-state index contributed by atoms with van der Waals surface area (Å²) in [5.74, 6) is -0.619. The molecule has 0 unspecified atom stereocenters. The zero-order valence-corrected chi connectivity index (χ0v) is 14.5. The van der Waals surface area contributed by atoms with Crippen LogP contribution < -0.4 is 14.8 Å². The Morgan fingerprint density at radius 2 is 2.04 bits per heavy atom. The summed E-state index contributed by atoms with van der Waals surface area (Å²) in [5, 5.41) is 12.6. The molecule has 1 aromatic heterocycles. The summed E-state index contributed by atoms with van der Waals surface area (Å²) in [4.78, 5) is 12.4. The Labute approximate surface area is 143 Å². The number of benzene rings is 1. The number of methoxy groups -OCH3 is 1. The second kappa shape index (κ2) is 6.42. The normalized spacial score (nSPS) is 14.0. The van der Waals surface area contributed by atoms with Crippen LogP contribution in [0.2, 0.25) is 0 Å². The summed E-state index contributed by atoms with van der Waals surface area (Å²) in [6.45, 7) is 1.12. The van der Waals surface area contributed by atoms with Crippen molar-refractivity contribution in [2.75, 3.05) is 18.4 Å². The van der Waals surface area contributed by atoms with Gasteiger partial charge in [-0.3, -0.25) is 4.72 Å². The van der Waals surface area contributed by atoms with Crippen LogP contribution in [-0.2, 0) is 23.0 Å². The van der Waals surface area contributed by atoms with E-state index in [-0.39, 0.29) is 9.77 Å². The van der Waals surface area contributed by atoms with Gasteiger partial charge in [0.1, 0.15) is 5.75 Å². The van der Waals surface area contributed by atoms with E-state index in [2.05, 4.69) is 10.0 Å². The molecule has 0 saturated carbocycles. The largest absolute Gasteiger partial charge is 0.497 e. The number of anilines is 1. The molecule has 128 valence electrons. The van der Waals surface area contributed by atoms with Crippen LogP contribution in [-0.4, -0.2) is 33.1 Å². The van der Waals surface area contributed by atoms with Gasteiger partial charge in [-0.25, -0.2) is 13.2 Å². The van der Waals surface area contributed by atoms with Gasteiger partial charge in [0.15, 0.2) is 4.21 Å². The number of ether oxygens (including phenoxy) is 1. The SMILES string of the molecule is COc1ccc(NS(=O)(=O)c2sc3c(c2C(=O)O)CCNC3)cc1. The van der Waals surface area contributed by atoms with E-state index in [0.717, 1.165) is 16.2 Å². The molecular formula is C15H16N2O5S2. The smallest absolute Gasteiger partial charge is 0.338 e. The predicted molar refractivity (Wildman–Crippen MR) is 90.5 cm³/mol. The van der Waals surface area contributed by atoms with Gasteiger partial charge in [0.25, 0.3) is 10.0 Å². The van der Waals surface area contributed by atoms with Gasteiger partial charge in [-0.1, -0.05) is 0 Å². The summed E-state index contributed by atoms with van der Waals surface area (Å²) < 4.78 is 32.7. The molecule has 0 radical (unpaired) electrons. The number of hydrogen-bond acceptors (Lipinski definition) is 6. The lowest BCUT2D eigenvalue weighted by atomic mass is 10.1. The topological polar surface area (TPSA) is 105 Å². The van der Waals surface area contributed by atoms with Crippen LogP contribution in [0.5, 0.6) is 5.75 Å². The molecule has 0 atom stereocenters. The molecule has 0 bridgehead atoms. The first kappa shape index (κ1) is 16.7. The first-order valence-corrected chi connectivity index (χ1v) is 9.48. The molecule has 2 aromatic rings. The number of thiophene rings is 1. The van der Waals surface area contributed by atoms with Crippen LogP contribution in [0.15, 0.2) is 28.5 Å². The van der Waals surface area contributed by atoms with E-state index in [9.17, 15) is 18.3 Å². The van der Waals surface area contributed by atoms with Crippen molar-refractivity contribution >= 4 is 33.0 Å². The van der Waals surface area contributed by atoms with E-state index in [1.165, 1.54) is 7.11 Å². The van der Waals surface area contributed by atoms with Crippen LogP contribution in [0.1, 0.15) is 20.8 Å². The zero-order chi connectivity index (χ0) is 17.3. The van der Waals surface area contributed by atoms with Gasteiger partial charge in [-0.15, -0.1) is 11.3 Å². The first-order valence-electron chi connectivity index (χ1n) is 7.18. The van der Waals surface area contributed by atoms with Crippen molar-refractivity contribution in [3.63, 3.8) is 0 Å². The van der Waals surface area contributed by atoms with Crippen molar-refractivity contribution in [1.82, 2.24) is 5.32 Å². The number of aromatic carboxylic acids is 1. The monoisotopic (exact) mass is 368 g/mol. The average molecular weight is 368 g/mol. The summed E-state index contributed by atoms with van der Waals surface area (Å²) in [7, 11) is -2.47. The second-order valence-corrected chi connectivity index (χ2v) is 8.22. The maximum atomic E-state index is 12.7. The van der Waals surface area contributed by atoms with E-state index in [1.54, 1.807) is 24.3 Å². The summed E-state index contributed by atoms with van der Waals surface area (Å²) in [6, 6.07) is 6.37. The lowest BCUT2D eigenvalue weighted by molar-refractivity contribution is 0.0692. The molecule has 3 N–H and O–H groups in total. The minimum Gasteiger partial charge on any atom is -0.497 e. The molecule has 1 aliphatic heterocycles. The Bertz CT molecular complexity index is 872. The molecule has 9 heteroatoms. The molecule has 1 aromatic carbocycles. The van der Waals surface area contributed by atoms with Crippen molar-refractivity contribution in [2.24, 2.45) is 0 Å². The minimum atomic E-state index is -3.98. The fraction of sp³-hybridized carbons (Fsp3) is 0.267. The molecule has 0 saturated heterocycles. The fourth-order valence-corrected chi connectivity index (χ4v) is 5.50. The Hall–Kier alpha value is -2.10. The maximum Gasteiger partial charge on any atom is 0.338 e. The first-order chi connectivity index (χ1) is 11.4. The van der Waals surface area contributed by atoms with Crippen LogP contribution in [0.4, 0.5) is 5.69 Å². The van der Waals surface area contributed by atoms with Crippen LogP contribution >= 0.6 is 11.3 Å². The highest BCUT2D eigenvalue weighted by Gasteiger charge is 2.31. The van der Waals surface area contributed by atoms with Crippen molar-refractivity contribution in [3.8, 4) is 5.75 Å². The number of rotatable bonds is 5. The highest BCUT2D eigenvalue weighted by molar-refractivity contribution is 7.94. The van der Waals surface area contributed by atoms with Gasteiger partial charge < -0.3 is 15.2 Å². The van der Waals surface area contributed by atoms with Crippen LogP contribution in [0.3, 0.4) is 0 Å². The number of carboxylic acids is 1. The average Bonchev–Trinajstić information content (AvgIpc) is 2.96. The molecule has 0 aliphatic carbocycles. The molecule has 3 rings (SSSR count). The van der Waals surface area contributed by atoms with E-state index in [1.807, 2.05) is 0 Å². The fourth-order valence-electron chi connectivity index (χ4n) is 2.58. The second-order valence-electron chi connectivity index (χ2n) is 5.23. The Morgan fingerprint density at radius 1 is 1.33 bits per heavy atom. The van der Waals surface area contributed by atoms with Crippen molar-refractivity contribution < 1.29 is 23.1 Å². The highest BCUT2D eigenvalue weighted by Crippen LogP contribution is 2.35. The highest BCUT2D eigenvalue weighted by atomic mass is 32.2. The summed E-state index contributed by atoms with van der Waals surface area (Å²) in [6.07, 6.45) is 0.505. The van der Waals surface area contributed by atoms with E-state index < -0.39 is 16.0 Å². The lowest BCUT2D eigenvalue weighted by Crippen LogP contribution is -2.23. The molecule has 7 nitrogen and oxygen atoms in total. The van der Waals surface area contributed by atoms with Gasteiger partial charge in [0, 0.05) is 17.1 Å². The number of fused-ring (bicyclic) bond motifs is 1. The van der Waals surface area contributed by atoms with Crippen LogP contribution in [0, 0.1) is 0 Å². The van der Waals surface area contributed by atoms with E-state index >= 15 is 0 Å². The third-order valence-electron chi connectivity index (χ3n) is 3.70. The van der Waals surface area contributed by atoms with Gasteiger partial charge in [-0.05, 0) is 42.8 Å².